The third-order valence-corrected chi connectivity index (χ3v) is 5.12. The molecule has 9 heteroatoms. The fourth-order valence-corrected chi connectivity index (χ4v) is 3.41. The van der Waals surface area contributed by atoms with Crippen LogP contribution in [0.3, 0.4) is 0 Å². The van der Waals surface area contributed by atoms with Crippen LogP contribution in [0.25, 0.3) is 0 Å². The average molecular weight is 429 g/mol. The van der Waals surface area contributed by atoms with Crippen molar-refractivity contribution in [3.63, 3.8) is 0 Å². The first kappa shape index (κ1) is 21.5. The summed E-state index contributed by atoms with van der Waals surface area (Å²) in [4.78, 5) is 16.5. The summed E-state index contributed by atoms with van der Waals surface area (Å²) in [5.41, 5.74) is -0.167. The van der Waals surface area contributed by atoms with Gasteiger partial charge >= 0.3 is 12.2 Å². The van der Waals surface area contributed by atoms with Gasteiger partial charge in [0.1, 0.15) is 0 Å². The maximum atomic E-state index is 13.3. The van der Waals surface area contributed by atoms with Crippen molar-refractivity contribution in [1.29, 1.82) is 0 Å². The summed E-state index contributed by atoms with van der Waals surface area (Å²) in [6, 6.07) is 4.15. The van der Waals surface area contributed by atoms with Gasteiger partial charge in [-0.25, -0.2) is 4.79 Å². The normalized spacial score (nSPS) is 15.7. The van der Waals surface area contributed by atoms with Crippen molar-refractivity contribution in [2.75, 3.05) is 5.32 Å². The highest BCUT2D eigenvalue weighted by molar-refractivity contribution is 6.30. The highest BCUT2D eigenvalue weighted by Crippen LogP contribution is 2.36. The van der Waals surface area contributed by atoms with Gasteiger partial charge in [-0.15, -0.1) is 0 Å². The van der Waals surface area contributed by atoms with Gasteiger partial charge in [0.15, 0.2) is 5.49 Å². The van der Waals surface area contributed by atoms with Crippen molar-refractivity contribution in [3.8, 4) is 0 Å². The molecule has 1 aliphatic rings. The predicted molar refractivity (Wildman–Crippen MR) is 106 cm³/mol. The molecule has 0 aliphatic heterocycles. The molecular formula is C20H24ClF3N4O. The largest absolute Gasteiger partial charge is 0.418 e. The van der Waals surface area contributed by atoms with E-state index >= 15 is 0 Å². The second-order valence-corrected chi connectivity index (χ2v) is 8.85. The monoisotopic (exact) mass is 428 g/mol. The van der Waals surface area contributed by atoms with Gasteiger partial charge in [-0.2, -0.15) is 18.2 Å². The number of nitrogens with zero attached hydrogens (tertiary/aromatic N) is 3. The Kier molecular flexibility index (Phi) is 5.60. The lowest BCUT2D eigenvalue weighted by Crippen LogP contribution is -2.27. The Morgan fingerprint density at radius 3 is 2.45 bits per heavy atom. The number of anilines is 1. The number of aromatic nitrogens is 2. The van der Waals surface area contributed by atoms with Crippen LogP contribution in [0, 0.1) is 5.92 Å². The predicted octanol–water partition coefficient (Wildman–Crippen LogP) is 5.34. The van der Waals surface area contributed by atoms with Crippen molar-refractivity contribution in [2.24, 2.45) is 18.0 Å². The molecule has 1 N–H and O–H groups in total. The molecule has 0 unspecified atom stereocenters. The molecule has 1 heterocycles. The summed E-state index contributed by atoms with van der Waals surface area (Å²) in [6.07, 6.45) is -2.41. The van der Waals surface area contributed by atoms with E-state index in [1.807, 2.05) is 22.5 Å². The molecule has 29 heavy (non-hydrogen) atoms. The Morgan fingerprint density at radius 2 is 1.90 bits per heavy atom. The standard InChI is InChI=1S/C20H24ClF3N4O/c1-19(2,3)16-10-17(28(27(16)4)11-12-5-6-12)26-18(29)25-15-8-7-13(21)9-14(15)20(22,23)24/h7-10,12H,5-6,11H2,1-4H3,(H,25,29)/b26-17+. The van der Waals surface area contributed by atoms with Crippen molar-refractivity contribution < 1.29 is 18.0 Å². The van der Waals surface area contributed by atoms with E-state index in [0.717, 1.165) is 30.7 Å². The average Bonchev–Trinajstić information content (AvgIpc) is 3.34. The Hall–Kier alpha value is -2.22. The lowest BCUT2D eigenvalue weighted by molar-refractivity contribution is -0.136. The van der Waals surface area contributed by atoms with Gasteiger partial charge in [0.05, 0.1) is 11.3 Å². The molecule has 1 fully saturated rings. The topological polar surface area (TPSA) is 51.3 Å². The van der Waals surface area contributed by atoms with E-state index in [2.05, 4.69) is 31.1 Å². The zero-order valence-corrected chi connectivity index (χ0v) is 17.5. The quantitative estimate of drug-likeness (QED) is 0.704. The van der Waals surface area contributed by atoms with Crippen molar-refractivity contribution in [2.45, 2.75) is 51.7 Å². The van der Waals surface area contributed by atoms with E-state index in [0.29, 0.717) is 18.0 Å². The number of hydrogen-bond acceptors (Lipinski definition) is 1. The highest BCUT2D eigenvalue weighted by Gasteiger charge is 2.34. The minimum Gasteiger partial charge on any atom is -0.305 e. The first-order valence-corrected chi connectivity index (χ1v) is 9.74. The van der Waals surface area contributed by atoms with Crippen LogP contribution in [0.15, 0.2) is 29.3 Å². The van der Waals surface area contributed by atoms with Crippen LogP contribution in [-0.2, 0) is 25.2 Å². The van der Waals surface area contributed by atoms with Crippen molar-refractivity contribution in [3.05, 3.63) is 46.0 Å². The second-order valence-electron chi connectivity index (χ2n) is 8.42. The summed E-state index contributed by atoms with van der Waals surface area (Å²) < 4.78 is 43.7. The number of urea groups is 1. The van der Waals surface area contributed by atoms with Gasteiger partial charge in [0, 0.05) is 35.8 Å². The third-order valence-electron chi connectivity index (χ3n) is 4.88. The van der Waals surface area contributed by atoms with Crippen molar-refractivity contribution >= 4 is 23.3 Å². The van der Waals surface area contributed by atoms with E-state index < -0.39 is 17.8 Å². The molecule has 2 aromatic rings. The van der Waals surface area contributed by atoms with E-state index in [1.54, 1.807) is 0 Å². The summed E-state index contributed by atoms with van der Waals surface area (Å²) in [5, 5.41) is 2.19. The van der Waals surface area contributed by atoms with Gasteiger partial charge in [-0.3, -0.25) is 9.36 Å². The van der Waals surface area contributed by atoms with Gasteiger partial charge in [-0.1, -0.05) is 32.4 Å². The molecule has 1 saturated carbocycles. The van der Waals surface area contributed by atoms with E-state index in [1.165, 1.54) is 6.07 Å². The Balaban J connectivity index is 1.98. The first-order chi connectivity index (χ1) is 13.4. The molecule has 1 aromatic carbocycles. The summed E-state index contributed by atoms with van der Waals surface area (Å²) >= 11 is 5.68. The van der Waals surface area contributed by atoms with Crippen LogP contribution in [0.4, 0.5) is 23.7 Å². The number of halogens is 4. The van der Waals surface area contributed by atoms with Crippen LogP contribution in [-0.4, -0.2) is 15.4 Å². The second kappa shape index (κ2) is 7.55. The van der Waals surface area contributed by atoms with Gasteiger partial charge in [0.25, 0.3) is 0 Å². The maximum absolute atomic E-state index is 13.3. The molecule has 0 atom stereocenters. The number of hydrogen-bond donors (Lipinski definition) is 1. The molecule has 1 aromatic heterocycles. The van der Waals surface area contributed by atoms with Crippen molar-refractivity contribution in [1.82, 2.24) is 9.36 Å². The SMILES string of the molecule is Cn1c(C(C)(C)C)c/c(=N\C(=O)Nc2ccc(Cl)cc2C(F)(F)F)n1CC1CC1. The highest BCUT2D eigenvalue weighted by atomic mass is 35.5. The number of carbonyl (C=O) groups excluding carboxylic acids is 1. The lowest BCUT2D eigenvalue weighted by Gasteiger charge is -2.20. The molecule has 0 saturated heterocycles. The molecular weight excluding hydrogens is 405 g/mol. The lowest BCUT2D eigenvalue weighted by atomic mass is 9.92. The number of alkyl halides is 3. The summed E-state index contributed by atoms with van der Waals surface area (Å²) in [5.74, 6) is 0.534. The summed E-state index contributed by atoms with van der Waals surface area (Å²) in [6.45, 7) is 6.87. The first-order valence-electron chi connectivity index (χ1n) is 9.36. The molecule has 158 valence electrons. The Labute approximate surface area is 172 Å². The molecule has 0 radical (unpaired) electrons. The number of carbonyl (C=O) groups is 1. The minimum absolute atomic E-state index is 0.0626. The smallest absolute Gasteiger partial charge is 0.305 e. The van der Waals surface area contributed by atoms with Crippen LogP contribution in [0.2, 0.25) is 5.02 Å². The Morgan fingerprint density at radius 1 is 1.24 bits per heavy atom. The zero-order valence-electron chi connectivity index (χ0n) is 16.8. The molecule has 1 aliphatic carbocycles. The Bertz CT molecular complexity index is 995. The fourth-order valence-electron chi connectivity index (χ4n) is 3.23. The molecule has 2 amide bonds. The van der Waals surface area contributed by atoms with Gasteiger partial charge < -0.3 is 5.32 Å². The maximum Gasteiger partial charge on any atom is 0.418 e. The number of amides is 2. The van der Waals surface area contributed by atoms with Gasteiger partial charge in [0.2, 0.25) is 0 Å². The van der Waals surface area contributed by atoms with Crippen LogP contribution >= 0.6 is 11.6 Å². The van der Waals surface area contributed by atoms with Crippen LogP contribution in [0.5, 0.6) is 0 Å². The minimum atomic E-state index is -4.65. The van der Waals surface area contributed by atoms with Crippen LogP contribution < -0.4 is 10.8 Å². The van der Waals surface area contributed by atoms with E-state index in [4.69, 9.17) is 11.6 Å². The molecule has 5 nitrogen and oxygen atoms in total. The van der Waals surface area contributed by atoms with Crippen LogP contribution in [0.1, 0.15) is 44.9 Å². The summed E-state index contributed by atoms with van der Waals surface area (Å²) in [7, 11) is 1.90. The molecule has 0 bridgehead atoms. The fraction of sp³-hybridized carbons (Fsp3) is 0.500. The van der Waals surface area contributed by atoms with Gasteiger partial charge in [-0.05, 0) is 37.0 Å². The third kappa shape index (κ3) is 5.04. The number of rotatable bonds is 3. The molecule has 0 spiro atoms. The van der Waals surface area contributed by atoms with E-state index in [9.17, 15) is 18.0 Å². The number of nitrogens with one attached hydrogen (secondary N) is 1. The van der Waals surface area contributed by atoms with E-state index in [-0.39, 0.29) is 16.1 Å². The zero-order chi connectivity index (χ0) is 21.6. The molecule has 3 rings (SSSR count). The number of benzene rings is 1.